The van der Waals surface area contributed by atoms with Gasteiger partial charge in [-0.2, -0.15) is 0 Å². The van der Waals surface area contributed by atoms with Gasteiger partial charge in [0.2, 0.25) is 0 Å². The first kappa shape index (κ1) is 11.6. The molecule has 1 aromatic rings. The third-order valence-corrected chi connectivity index (χ3v) is 4.45. The second kappa shape index (κ2) is 4.58. The number of Topliss-reactive ketones (excluding diaryl/α,β-unsaturated/α-hetero) is 1. The molecule has 0 amide bonds. The fraction of sp³-hybridized carbons (Fsp3) is 0.615. The van der Waals surface area contributed by atoms with Gasteiger partial charge in [-0.1, -0.05) is 26.2 Å². The number of rotatable bonds is 3. The van der Waals surface area contributed by atoms with Gasteiger partial charge in [-0.3, -0.25) is 4.79 Å². The number of ether oxygens (including phenoxy) is 1. The number of hydrogen-bond acceptors (Lipinski definition) is 3. The lowest BCUT2D eigenvalue weighted by Crippen LogP contribution is -2.29. The van der Waals surface area contributed by atoms with Crippen LogP contribution in [-0.2, 0) is 0 Å². The Hall–Kier alpha value is -0.830. The average molecular weight is 238 g/mol. The normalized spacial score (nSPS) is 19.4. The molecule has 2 rings (SSSR count). The molecule has 0 N–H and O–H groups in total. The third kappa shape index (κ3) is 2.01. The monoisotopic (exact) mass is 238 g/mol. The van der Waals surface area contributed by atoms with E-state index in [4.69, 9.17) is 4.74 Å². The van der Waals surface area contributed by atoms with E-state index in [0.29, 0.717) is 0 Å². The summed E-state index contributed by atoms with van der Waals surface area (Å²) < 4.78 is 5.23. The maximum Gasteiger partial charge on any atom is 0.182 e. The number of hydrogen-bond donors (Lipinski definition) is 0. The molecule has 1 aliphatic carbocycles. The molecule has 0 atom stereocenters. The van der Waals surface area contributed by atoms with Crippen LogP contribution in [0.1, 0.15) is 48.7 Å². The van der Waals surface area contributed by atoms with E-state index in [-0.39, 0.29) is 11.2 Å². The van der Waals surface area contributed by atoms with Crippen molar-refractivity contribution in [2.45, 2.75) is 39.0 Å². The fourth-order valence-corrected chi connectivity index (χ4v) is 3.41. The molecule has 0 radical (unpaired) electrons. The zero-order valence-corrected chi connectivity index (χ0v) is 10.7. The molecule has 0 aliphatic heterocycles. The zero-order valence-electron chi connectivity index (χ0n) is 9.91. The van der Waals surface area contributed by atoms with Crippen molar-refractivity contribution in [2.24, 2.45) is 5.41 Å². The van der Waals surface area contributed by atoms with Gasteiger partial charge in [0, 0.05) is 5.41 Å². The Balaban J connectivity index is 2.24. The minimum absolute atomic E-state index is 0.156. The van der Waals surface area contributed by atoms with Gasteiger partial charge < -0.3 is 4.74 Å². The molecule has 16 heavy (non-hydrogen) atoms. The predicted octanol–water partition coefficient (Wildman–Crippen LogP) is 3.91. The summed E-state index contributed by atoms with van der Waals surface area (Å²) in [4.78, 5) is 13.3. The number of ketones is 1. The lowest BCUT2D eigenvalue weighted by Gasteiger charge is -2.31. The number of carbonyl (C=O) groups excluding carboxylic acids is 1. The highest BCUT2D eigenvalue weighted by Gasteiger charge is 2.36. The van der Waals surface area contributed by atoms with Crippen molar-refractivity contribution in [3.8, 4) is 5.75 Å². The first-order valence-electron chi connectivity index (χ1n) is 5.84. The van der Waals surface area contributed by atoms with Gasteiger partial charge in [0.1, 0.15) is 10.6 Å². The smallest absolute Gasteiger partial charge is 0.182 e. The van der Waals surface area contributed by atoms with Crippen molar-refractivity contribution in [3.63, 3.8) is 0 Å². The molecule has 0 bridgehead atoms. The largest absolute Gasteiger partial charge is 0.495 e. The lowest BCUT2D eigenvalue weighted by atomic mass is 9.72. The summed E-state index contributed by atoms with van der Waals surface area (Å²) in [5.74, 6) is 1.01. The molecule has 0 spiro atoms. The average Bonchev–Trinajstić information content (AvgIpc) is 2.77. The summed E-state index contributed by atoms with van der Waals surface area (Å²) in [6.07, 6.45) is 5.66. The number of carbonyl (C=O) groups is 1. The van der Waals surface area contributed by atoms with Crippen LogP contribution in [-0.4, -0.2) is 12.9 Å². The fourth-order valence-electron chi connectivity index (χ4n) is 2.46. The molecular formula is C13H18O2S. The summed E-state index contributed by atoms with van der Waals surface area (Å²) in [6.45, 7) is 2.10. The first-order chi connectivity index (χ1) is 7.67. The van der Waals surface area contributed by atoms with Crippen molar-refractivity contribution in [2.75, 3.05) is 7.11 Å². The van der Waals surface area contributed by atoms with E-state index in [0.717, 1.165) is 23.5 Å². The minimum Gasteiger partial charge on any atom is -0.495 e. The molecule has 88 valence electrons. The van der Waals surface area contributed by atoms with Crippen LogP contribution < -0.4 is 4.74 Å². The van der Waals surface area contributed by atoms with Gasteiger partial charge in [-0.15, -0.1) is 11.3 Å². The summed E-state index contributed by atoms with van der Waals surface area (Å²) >= 11 is 1.50. The van der Waals surface area contributed by atoms with Crippen LogP contribution in [0.15, 0.2) is 11.4 Å². The van der Waals surface area contributed by atoms with Gasteiger partial charge >= 0.3 is 0 Å². The second-order valence-corrected chi connectivity index (χ2v) is 5.68. The Labute approximate surface area is 101 Å². The number of methoxy groups -OCH3 is 1. The summed E-state index contributed by atoms with van der Waals surface area (Å²) in [7, 11) is 1.63. The van der Waals surface area contributed by atoms with Gasteiger partial charge in [-0.05, 0) is 24.3 Å². The van der Waals surface area contributed by atoms with Crippen molar-refractivity contribution in [1.82, 2.24) is 0 Å². The molecule has 1 saturated carbocycles. The van der Waals surface area contributed by atoms with Crippen molar-refractivity contribution in [1.29, 1.82) is 0 Å². The zero-order chi connectivity index (χ0) is 11.6. The van der Waals surface area contributed by atoms with Gasteiger partial charge in [0.05, 0.1) is 7.11 Å². The third-order valence-electron chi connectivity index (χ3n) is 3.56. The van der Waals surface area contributed by atoms with Gasteiger partial charge in [-0.25, -0.2) is 0 Å². The van der Waals surface area contributed by atoms with E-state index < -0.39 is 0 Å². The highest BCUT2D eigenvalue weighted by atomic mass is 32.1. The molecule has 0 saturated heterocycles. The molecule has 0 unspecified atom stereocenters. The Kier molecular flexibility index (Phi) is 3.33. The van der Waals surface area contributed by atoms with Gasteiger partial charge in [0.15, 0.2) is 5.78 Å². The SMILES string of the molecule is COc1ccsc1C(=O)C1(C)CCCCC1. The molecule has 1 aromatic heterocycles. The maximum atomic E-state index is 12.5. The molecule has 0 aromatic carbocycles. The second-order valence-electron chi connectivity index (χ2n) is 4.77. The van der Waals surface area contributed by atoms with E-state index >= 15 is 0 Å². The Morgan fingerprint density at radius 1 is 1.38 bits per heavy atom. The number of thiophene rings is 1. The van der Waals surface area contributed by atoms with Crippen LogP contribution in [0, 0.1) is 5.41 Å². The molecule has 1 fully saturated rings. The van der Waals surface area contributed by atoms with E-state index in [1.807, 2.05) is 11.4 Å². The lowest BCUT2D eigenvalue weighted by molar-refractivity contribution is 0.0751. The minimum atomic E-state index is -0.156. The van der Waals surface area contributed by atoms with E-state index in [1.165, 1.54) is 30.6 Å². The summed E-state index contributed by atoms with van der Waals surface area (Å²) in [6, 6.07) is 1.88. The van der Waals surface area contributed by atoms with Crippen LogP contribution in [0.2, 0.25) is 0 Å². The quantitative estimate of drug-likeness (QED) is 0.746. The molecule has 2 nitrogen and oxygen atoms in total. The highest BCUT2D eigenvalue weighted by molar-refractivity contribution is 7.12. The summed E-state index contributed by atoms with van der Waals surface area (Å²) in [5, 5.41) is 1.93. The Bertz CT molecular complexity index is 375. The maximum absolute atomic E-state index is 12.5. The molecular weight excluding hydrogens is 220 g/mol. The van der Waals surface area contributed by atoms with Crippen molar-refractivity contribution >= 4 is 17.1 Å². The van der Waals surface area contributed by atoms with Crippen molar-refractivity contribution in [3.05, 3.63) is 16.3 Å². The highest BCUT2D eigenvalue weighted by Crippen LogP contribution is 2.41. The van der Waals surface area contributed by atoms with E-state index in [2.05, 4.69) is 6.92 Å². The predicted molar refractivity (Wildman–Crippen MR) is 66.4 cm³/mol. The molecule has 1 aliphatic rings. The standard InChI is InChI=1S/C13H18O2S/c1-13(7-4-3-5-8-13)12(14)11-10(15-2)6-9-16-11/h6,9H,3-5,7-8H2,1-2H3. The first-order valence-corrected chi connectivity index (χ1v) is 6.72. The van der Waals surface area contributed by atoms with Crippen LogP contribution in [0.5, 0.6) is 5.75 Å². The van der Waals surface area contributed by atoms with Crippen molar-refractivity contribution < 1.29 is 9.53 Å². The van der Waals surface area contributed by atoms with E-state index in [9.17, 15) is 4.79 Å². The van der Waals surface area contributed by atoms with Crippen LogP contribution in [0.4, 0.5) is 0 Å². The van der Waals surface area contributed by atoms with Crippen LogP contribution in [0.3, 0.4) is 0 Å². The van der Waals surface area contributed by atoms with E-state index in [1.54, 1.807) is 7.11 Å². The van der Waals surface area contributed by atoms with Crippen LogP contribution >= 0.6 is 11.3 Å². The molecule has 3 heteroatoms. The Morgan fingerprint density at radius 3 is 2.69 bits per heavy atom. The topological polar surface area (TPSA) is 26.3 Å². The Morgan fingerprint density at radius 2 is 2.06 bits per heavy atom. The summed E-state index contributed by atoms with van der Waals surface area (Å²) in [5.41, 5.74) is -0.156. The van der Waals surface area contributed by atoms with Gasteiger partial charge in [0.25, 0.3) is 0 Å². The molecule has 1 heterocycles. The van der Waals surface area contributed by atoms with Crippen LogP contribution in [0.25, 0.3) is 0 Å².